The van der Waals surface area contributed by atoms with Crippen molar-refractivity contribution >= 4 is 34.9 Å². The number of anilines is 4. The number of para-hydroxylation sites is 1. The van der Waals surface area contributed by atoms with Crippen molar-refractivity contribution in [1.29, 1.82) is 0 Å². The summed E-state index contributed by atoms with van der Waals surface area (Å²) >= 11 is 0. The van der Waals surface area contributed by atoms with Gasteiger partial charge < -0.3 is 16.0 Å². The van der Waals surface area contributed by atoms with Gasteiger partial charge >= 0.3 is 0 Å². The maximum atomic E-state index is 12.0. The highest BCUT2D eigenvalue weighted by Gasteiger charge is 2.30. The Balaban J connectivity index is 1.58. The molecule has 0 aliphatic carbocycles. The fraction of sp³-hybridized carbons (Fsp3) is 0.333. The molecule has 6 nitrogen and oxygen atoms in total. The van der Waals surface area contributed by atoms with Crippen LogP contribution in [0.5, 0.6) is 0 Å². The van der Waals surface area contributed by atoms with Crippen LogP contribution in [0, 0.1) is 0 Å². The fourth-order valence-electron chi connectivity index (χ4n) is 3.73. The third-order valence-corrected chi connectivity index (χ3v) is 5.14. The molecule has 2 aromatic carbocycles. The van der Waals surface area contributed by atoms with Gasteiger partial charge in [0.05, 0.1) is 23.6 Å². The highest BCUT2D eigenvalue weighted by Crippen LogP contribution is 2.36. The van der Waals surface area contributed by atoms with Crippen LogP contribution in [0.1, 0.15) is 25.8 Å². The topological polar surface area (TPSA) is 68.8 Å². The zero-order valence-corrected chi connectivity index (χ0v) is 15.9. The van der Waals surface area contributed by atoms with E-state index < -0.39 is 0 Å². The lowest BCUT2D eigenvalue weighted by Gasteiger charge is -2.23. The summed E-state index contributed by atoms with van der Waals surface area (Å²) in [6.45, 7) is 5.10. The Morgan fingerprint density at radius 1 is 1.22 bits per heavy atom. The third-order valence-electron chi connectivity index (χ3n) is 5.14. The van der Waals surface area contributed by atoms with Crippen LogP contribution in [-0.4, -0.2) is 36.8 Å². The Bertz CT molecular complexity index is 892. The minimum atomic E-state index is -0.0572. The molecule has 0 spiro atoms. The van der Waals surface area contributed by atoms with E-state index >= 15 is 0 Å². The van der Waals surface area contributed by atoms with E-state index in [9.17, 15) is 4.79 Å². The number of rotatable bonds is 3. The molecule has 2 atom stereocenters. The highest BCUT2D eigenvalue weighted by molar-refractivity contribution is 5.99. The summed E-state index contributed by atoms with van der Waals surface area (Å²) in [5, 5.41) is 16.2. The first-order valence-corrected chi connectivity index (χ1v) is 9.26. The number of hydrogen-bond acceptors (Lipinski definition) is 5. The normalized spacial score (nSPS) is 24.0. The molecule has 2 aliphatic heterocycles. The molecular weight excluding hydrogens is 338 g/mol. The average Bonchev–Trinajstić information content (AvgIpc) is 2.89. The number of fused-ring (bicyclic) bond motifs is 1. The molecule has 1 amide bonds. The lowest BCUT2D eigenvalue weighted by molar-refractivity contribution is -0.116. The Morgan fingerprint density at radius 2 is 2.00 bits per heavy atom. The zero-order chi connectivity index (χ0) is 19.0. The lowest BCUT2D eigenvalue weighted by atomic mass is 9.84. The van der Waals surface area contributed by atoms with E-state index in [-0.39, 0.29) is 17.4 Å². The number of likely N-dealkylation sites (N-methyl/N-ethyl adjacent to an activating group) is 1. The van der Waals surface area contributed by atoms with Crippen LogP contribution in [0.2, 0.25) is 0 Å². The van der Waals surface area contributed by atoms with Crippen LogP contribution in [0.3, 0.4) is 0 Å². The molecule has 1 unspecified atom stereocenters. The summed E-state index contributed by atoms with van der Waals surface area (Å²) in [4.78, 5) is 12.0. The molecule has 3 N–H and O–H groups in total. The Hall–Kier alpha value is -3.02. The summed E-state index contributed by atoms with van der Waals surface area (Å²) in [6, 6.07) is 14.4. The first kappa shape index (κ1) is 17.4. The third kappa shape index (κ3) is 3.47. The molecule has 0 saturated carbocycles. The number of carbonyl (C=O) groups excluding carboxylic acids is 1. The van der Waals surface area contributed by atoms with E-state index in [4.69, 9.17) is 0 Å². The molecule has 6 heteroatoms. The van der Waals surface area contributed by atoms with E-state index in [1.54, 1.807) is 0 Å². The van der Waals surface area contributed by atoms with E-state index in [1.807, 2.05) is 43.4 Å². The van der Waals surface area contributed by atoms with Crippen LogP contribution in [0.25, 0.3) is 0 Å². The highest BCUT2D eigenvalue weighted by atomic mass is 16.1. The summed E-state index contributed by atoms with van der Waals surface area (Å²) in [7, 11) is 1.99. The van der Waals surface area contributed by atoms with Crippen molar-refractivity contribution in [1.82, 2.24) is 5.01 Å². The average molecular weight is 363 g/mol. The Morgan fingerprint density at radius 3 is 2.70 bits per heavy atom. The number of nitrogens with zero attached hydrogens (tertiary/aromatic N) is 2. The standard InChI is InChI=1S/C21H25N5O/c1-14-11-19(27)25-18-6-4-5-17(20(18)23-14)24-16-9-7-15(8-10-16)21(2)12-22-26(3)13-21/h4-10,12,14,23-24H,11,13H2,1-3H3,(H,25,27)/t14-,21?/m1/s1. The van der Waals surface area contributed by atoms with Crippen molar-refractivity contribution in [2.45, 2.75) is 31.7 Å². The molecule has 0 radical (unpaired) electrons. The van der Waals surface area contributed by atoms with Crippen LogP contribution in [-0.2, 0) is 10.2 Å². The first-order chi connectivity index (χ1) is 12.9. The number of carbonyl (C=O) groups is 1. The minimum absolute atomic E-state index is 0.0340. The van der Waals surface area contributed by atoms with Gasteiger partial charge in [-0.1, -0.05) is 18.2 Å². The van der Waals surface area contributed by atoms with Gasteiger partial charge in [-0.05, 0) is 43.7 Å². The summed E-state index contributed by atoms with van der Waals surface area (Å²) < 4.78 is 0. The SMILES string of the molecule is C[C@@H]1CC(=O)Nc2cccc(Nc3ccc(C4(C)C=NN(C)C4)cc3)c2N1. The molecule has 4 rings (SSSR count). The van der Waals surface area contributed by atoms with Crippen molar-refractivity contribution in [3.05, 3.63) is 48.0 Å². The van der Waals surface area contributed by atoms with Gasteiger partial charge in [0.25, 0.3) is 0 Å². The molecule has 0 fully saturated rings. The Kier molecular flexibility index (Phi) is 4.26. The second-order valence-electron chi connectivity index (χ2n) is 7.71. The maximum absolute atomic E-state index is 12.0. The van der Waals surface area contributed by atoms with Gasteiger partial charge in [-0.3, -0.25) is 9.80 Å². The number of amides is 1. The van der Waals surface area contributed by atoms with Crippen LogP contribution in [0.4, 0.5) is 22.7 Å². The summed E-state index contributed by atoms with van der Waals surface area (Å²) in [5.41, 5.74) is 4.87. The molecule has 2 heterocycles. The number of hydrogen-bond donors (Lipinski definition) is 3. The van der Waals surface area contributed by atoms with Gasteiger partial charge in [-0.15, -0.1) is 0 Å². The second-order valence-corrected chi connectivity index (χ2v) is 7.71. The van der Waals surface area contributed by atoms with Crippen molar-refractivity contribution in [3.8, 4) is 0 Å². The minimum Gasteiger partial charge on any atom is -0.379 e. The predicted octanol–water partition coefficient (Wildman–Crippen LogP) is 3.76. The largest absolute Gasteiger partial charge is 0.379 e. The molecule has 2 aromatic rings. The van der Waals surface area contributed by atoms with Gasteiger partial charge in [0, 0.05) is 36.8 Å². The van der Waals surface area contributed by atoms with E-state index in [2.05, 4.69) is 52.2 Å². The van der Waals surface area contributed by atoms with Crippen molar-refractivity contribution < 1.29 is 4.79 Å². The van der Waals surface area contributed by atoms with Crippen LogP contribution in [0.15, 0.2) is 47.6 Å². The molecular formula is C21H25N5O. The number of benzene rings is 2. The maximum Gasteiger partial charge on any atom is 0.226 e. The molecule has 0 bridgehead atoms. The lowest BCUT2D eigenvalue weighted by Crippen LogP contribution is -2.29. The number of hydrazone groups is 1. The van der Waals surface area contributed by atoms with Crippen LogP contribution >= 0.6 is 0 Å². The van der Waals surface area contributed by atoms with E-state index in [0.717, 1.165) is 29.3 Å². The second kappa shape index (κ2) is 6.61. The van der Waals surface area contributed by atoms with Gasteiger partial charge in [0.2, 0.25) is 5.91 Å². The van der Waals surface area contributed by atoms with E-state index in [0.29, 0.717) is 6.42 Å². The summed E-state index contributed by atoms with van der Waals surface area (Å²) in [6.07, 6.45) is 2.47. The van der Waals surface area contributed by atoms with Gasteiger partial charge in [0.15, 0.2) is 0 Å². The van der Waals surface area contributed by atoms with Gasteiger partial charge in [-0.2, -0.15) is 5.10 Å². The zero-order valence-electron chi connectivity index (χ0n) is 15.9. The molecule has 2 aliphatic rings. The predicted molar refractivity (Wildman–Crippen MR) is 111 cm³/mol. The van der Waals surface area contributed by atoms with Crippen molar-refractivity contribution in [3.63, 3.8) is 0 Å². The molecule has 27 heavy (non-hydrogen) atoms. The van der Waals surface area contributed by atoms with Crippen molar-refractivity contribution in [2.75, 3.05) is 29.5 Å². The first-order valence-electron chi connectivity index (χ1n) is 9.26. The van der Waals surface area contributed by atoms with Crippen molar-refractivity contribution in [2.24, 2.45) is 5.10 Å². The van der Waals surface area contributed by atoms with Gasteiger partial charge in [-0.25, -0.2) is 0 Å². The van der Waals surface area contributed by atoms with E-state index in [1.165, 1.54) is 5.56 Å². The smallest absolute Gasteiger partial charge is 0.226 e. The Labute approximate surface area is 159 Å². The van der Waals surface area contributed by atoms with Gasteiger partial charge in [0.1, 0.15) is 0 Å². The fourth-order valence-corrected chi connectivity index (χ4v) is 3.73. The quantitative estimate of drug-likeness (QED) is 0.777. The number of nitrogens with one attached hydrogen (secondary N) is 3. The van der Waals surface area contributed by atoms with Crippen LogP contribution < -0.4 is 16.0 Å². The molecule has 140 valence electrons. The monoisotopic (exact) mass is 363 g/mol. The summed E-state index contributed by atoms with van der Waals surface area (Å²) in [5.74, 6) is 0.0340. The molecule has 0 saturated heterocycles. The molecule has 0 aromatic heterocycles.